The second kappa shape index (κ2) is 8.86. The highest BCUT2D eigenvalue weighted by Gasteiger charge is 2.32. The molecule has 1 unspecified atom stereocenters. The molecule has 2 fully saturated rings. The van der Waals surface area contributed by atoms with Crippen molar-refractivity contribution in [2.45, 2.75) is 31.8 Å². The number of carbonyl (C=O) groups is 1. The van der Waals surface area contributed by atoms with Gasteiger partial charge in [0.05, 0.1) is 25.5 Å². The summed E-state index contributed by atoms with van der Waals surface area (Å²) in [5.41, 5.74) is 1.06. The lowest BCUT2D eigenvalue weighted by Crippen LogP contribution is -2.38. The van der Waals surface area contributed by atoms with Gasteiger partial charge < -0.3 is 23.7 Å². The first-order chi connectivity index (χ1) is 15.7. The third-order valence-corrected chi connectivity index (χ3v) is 6.14. The molecule has 2 aromatic rings. The standard InChI is InChI=1S/C24H28N2O6/c1-28-21-9-17(7-8-19(21)30-13-22(29-2)16-5-6-16)26-14-32-20-10-23(31-12-15-3-4-15)25-11-18(20)24(26)27/h7-11,15-16,22H,3-6,12-14H2,1-2H3. The van der Waals surface area contributed by atoms with Crippen LogP contribution in [0.1, 0.15) is 36.0 Å². The Hall–Kier alpha value is -3.00. The van der Waals surface area contributed by atoms with E-state index in [9.17, 15) is 4.79 Å². The molecule has 0 spiro atoms. The van der Waals surface area contributed by atoms with E-state index in [4.69, 9.17) is 23.7 Å². The fourth-order valence-electron chi connectivity index (χ4n) is 3.78. The van der Waals surface area contributed by atoms with Crippen molar-refractivity contribution in [1.29, 1.82) is 0 Å². The number of pyridine rings is 1. The number of amides is 1. The van der Waals surface area contributed by atoms with Crippen LogP contribution >= 0.6 is 0 Å². The highest BCUT2D eigenvalue weighted by molar-refractivity contribution is 6.08. The van der Waals surface area contributed by atoms with E-state index in [-0.39, 0.29) is 18.7 Å². The van der Waals surface area contributed by atoms with Crippen molar-refractivity contribution in [2.24, 2.45) is 11.8 Å². The molecular formula is C24H28N2O6. The molecule has 2 heterocycles. The van der Waals surface area contributed by atoms with Crippen molar-refractivity contribution in [1.82, 2.24) is 4.98 Å². The van der Waals surface area contributed by atoms with E-state index in [1.165, 1.54) is 31.9 Å². The third kappa shape index (κ3) is 4.46. The number of carbonyl (C=O) groups excluding carboxylic acids is 1. The van der Waals surface area contributed by atoms with Gasteiger partial charge in [-0.2, -0.15) is 0 Å². The number of nitrogens with zero attached hydrogens (tertiary/aromatic N) is 2. The fraction of sp³-hybridized carbons (Fsp3) is 0.500. The topological polar surface area (TPSA) is 79.4 Å². The summed E-state index contributed by atoms with van der Waals surface area (Å²) in [5, 5.41) is 0. The molecule has 1 aromatic carbocycles. The highest BCUT2D eigenvalue weighted by atomic mass is 16.5. The Balaban J connectivity index is 1.28. The zero-order valence-electron chi connectivity index (χ0n) is 18.4. The molecule has 0 bridgehead atoms. The van der Waals surface area contributed by atoms with Gasteiger partial charge in [0.15, 0.2) is 18.2 Å². The molecule has 8 heteroatoms. The van der Waals surface area contributed by atoms with Crippen molar-refractivity contribution >= 4 is 11.6 Å². The van der Waals surface area contributed by atoms with Crippen LogP contribution < -0.4 is 23.8 Å². The molecule has 8 nitrogen and oxygen atoms in total. The zero-order chi connectivity index (χ0) is 22.1. The van der Waals surface area contributed by atoms with Crippen LogP contribution in [0.25, 0.3) is 0 Å². The van der Waals surface area contributed by atoms with Crippen molar-refractivity contribution in [3.63, 3.8) is 0 Å². The zero-order valence-corrected chi connectivity index (χ0v) is 18.4. The Morgan fingerprint density at radius 3 is 2.69 bits per heavy atom. The lowest BCUT2D eigenvalue weighted by molar-refractivity contribution is 0.0417. The van der Waals surface area contributed by atoms with Crippen LogP contribution in [0.5, 0.6) is 23.1 Å². The quantitative estimate of drug-likeness (QED) is 0.558. The summed E-state index contributed by atoms with van der Waals surface area (Å²) in [4.78, 5) is 18.9. The van der Waals surface area contributed by atoms with Crippen molar-refractivity contribution in [3.8, 4) is 23.1 Å². The maximum absolute atomic E-state index is 13.1. The maximum atomic E-state index is 13.1. The number of fused-ring (bicyclic) bond motifs is 1. The Bertz CT molecular complexity index is 988. The SMILES string of the molecule is COc1cc(N2COc3cc(OCC4CC4)ncc3C2=O)ccc1OCC(OC)C1CC1. The van der Waals surface area contributed by atoms with E-state index in [0.29, 0.717) is 59.4 Å². The van der Waals surface area contributed by atoms with Crippen LogP contribution in [0.2, 0.25) is 0 Å². The Labute approximate surface area is 187 Å². The molecule has 5 rings (SSSR count). The largest absolute Gasteiger partial charge is 0.493 e. The molecule has 1 amide bonds. The molecule has 0 radical (unpaired) electrons. The van der Waals surface area contributed by atoms with Gasteiger partial charge in [-0.3, -0.25) is 9.69 Å². The van der Waals surface area contributed by atoms with E-state index < -0.39 is 0 Å². The lowest BCUT2D eigenvalue weighted by atomic mass is 10.1. The van der Waals surface area contributed by atoms with Crippen molar-refractivity contribution < 1.29 is 28.5 Å². The van der Waals surface area contributed by atoms with Gasteiger partial charge in [0, 0.05) is 25.4 Å². The molecule has 1 aromatic heterocycles. The summed E-state index contributed by atoms with van der Waals surface area (Å²) < 4.78 is 28.5. The van der Waals surface area contributed by atoms with E-state index in [0.717, 1.165) is 0 Å². The molecule has 1 aliphatic heterocycles. The summed E-state index contributed by atoms with van der Waals surface area (Å²) in [6.07, 6.45) is 6.37. The second-order valence-corrected chi connectivity index (χ2v) is 8.54. The molecule has 2 saturated carbocycles. The van der Waals surface area contributed by atoms with Gasteiger partial charge >= 0.3 is 0 Å². The van der Waals surface area contributed by atoms with Crippen molar-refractivity contribution in [2.75, 3.05) is 39.1 Å². The molecule has 2 aliphatic carbocycles. The fourth-order valence-corrected chi connectivity index (χ4v) is 3.78. The van der Waals surface area contributed by atoms with E-state index >= 15 is 0 Å². The van der Waals surface area contributed by atoms with Crippen LogP contribution in [0, 0.1) is 11.8 Å². The molecular weight excluding hydrogens is 412 g/mol. The van der Waals surface area contributed by atoms with Gasteiger partial charge in [0.25, 0.3) is 5.91 Å². The van der Waals surface area contributed by atoms with Gasteiger partial charge in [-0.25, -0.2) is 4.98 Å². The van der Waals surface area contributed by atoms with Gasteiger partial charge in [-0.1, -0.05) is 0 Å². The summed E-state index contributed by atoms with van der Waals surface area (Å²) >= 11 is 0. The number of methoxy groups -OCH3 is 2. The number of hydrogen-bond acceptors (Lipinski definition) is 7. The predicted octanol–water partition coefficient (Wildman–Crippen LogP) is 3.68. The van der Waals surface area contributed by atoms with Crippen LogP contribution in [-0.4, -0.2) is 51.2 Å². The highest BCUT2D eigenvalue weighted by Crippen LogP contribution is 2.38. The number of aromatic nitrogens is 1. The van der Waals surface area contributed by atoms with E-state index in [2.05, 4.69) is 4.98 Å². The second-order valence-electron chi connectivity index (χ2n) is 8.54. The minimum absolute atomic E-state index is 0.0820. The first kappa shape index (κ1) is 20.9. The summed E-state index contributed by atoms with van der Waals surface area (Å²) in [5.74, 6) is 3.16. The summed E-state index contributed by atoms with van der Waals surface area (Å²) in [7, 11) is 3.29. The van der Waals surface area contributed by atoms with E-state index in [1.807, 2.05) is 12.1 Å². The van der Waals surface area contributed by atoms with Gasteiger partial charge in [0.1, 0.15) is 17.9 Å². The molecule has 0 saturated heterocycles. The number of benzene rings is 1. The third-order valence-electron chi connectivity index (χ3n) is 6.14. The Morgan fingerprint density at radius 2 is 1.97 bits per heavy atom. The minimum atomic E-state index is -0.184. The van der Waals surface area contributed by atoms with Crippen molar-refractivity contribution in [3.05, 3.63) is 36.0 Å². The number of rotatable bonds is 10. The number of anilines is 1. The number of hydrogen-bond donors (Lipinski definition) is 0. The summed E-state index contributed by atoms with van der Waals surface area (Å²) in [6, 6.07) is 7.10. The minimum Gasteiger partial charge on any atom is -0.493 e. The van der Waals surface area contributed by atoms with E-state index in [1.54, 1.807) is 31.3 Å². The molecule has 3 aliphatic rings. The average molecular weight is 440 g/mol. The predicted molar refractivity (Wildman–Crippen MR) is 117 cm³/mol. The maximum Gasteiger partial charge on any atom is 0.266 e. The lowest BCUT2D eigenvalue weighted by Gasteiger charge is -2.29. The van der Waals surface area contributed by atoms with Crippen LogP contribution in [-0.2, 0) is 4.74 Å². The van der Waals surface area contributed by atoms with Crippen LogP contribution in [0.4, 0.5) is 5.69 Å². The Kier molecular flexibility index (Phi) is 5.78. The smallest absolute Gasteiger partial charge is 0.266 e. The molecule has 0 N–H and O–H groups in total. The van der Waals surface area contributed by atoms with Gasteiger partial charge in [-0.05, 0) is 49.7 Å². The average Bonchev–Trinajstić information content (AvgIpc) is 3.73. The normalized spacial score (nSPS) is 18.6. The van der Waals surface area contributed by atoms with Crippen LogP contribution in [0.15, 0.2) is 30.5 Å². The van der Waals surface area contributed by atoms with Gasteiger partial charge in [-0.15, -0.1) is 0 Å². The monoisotopic (exact) mass is 440 g/mol. The number of ether oxygens (including phenoxy) is 5. The Morgan fingerprint density at radius 1 is 1.12 bits per heavy atom. The molecule has 1 atom stereocenters. The molecule has 32 heavy (non-hydrogen) atoms. The first-order valence-electron chi connectivity index (χ1n) is 11.1. The summed E-state index contributed by atoms with van der Waals surface area (Å²) in [6.45, 7) is 1.22. The van der Waals surface area contributed by atoms with Crippen LogP contribution in [0.3, 0.4) is 0 Å². The van der Waals surface area contributed by atoms with Gasteiger partial charge in [0.2, 0.25) is 5.88 Å². The molecule has 170 valence electrons. The first-order valence-corrected chi connectivity index (χ1v) is 11.1.